The van der Waals surface area contributed by atoms with Gasteiger partial charge < -0.3 is 14.6 Å². The number of hydrogen-bond acceptors (Lipinski definition) is 4. The number of aliphatic hydroxyl groups excluding tert-OH is 1. The second kappa shape index (κ2) is 8.34. The molecule has 0 fully saturated rings. The van der Waals surface area contributed by atoms with Crippen LogP contribution in [0.3, 0.4) is 0 Å². The van der Waals surface area contributed by atoms with Gasteiger partial charge in [-0.15, -0.1) is 0 Å². The Morgan fingerprint density at radius 1 is 1.13 bits per heavy atom. The van der Waals surface area contributed by atoms with Crippen LogP contribution in [-0.4, -0.2) is 17.7 Å². The highest BCUT2D eigenvalue weighted by molar-refractivity contribution is 5.76. The summed E-state index contributed by atoms with van der Waals surface area (Å²) in [6.45, 7) is 4.46. The van der Waals surface area contributed by atoms with Crippen molar-refractivity contribution in [2.24, 2.45) is 0 Å². The molecular formula is C19H22O4. The lowest BCUT2D eigenvalue weighted by Crippen LogP contribution is -2.18. The molecule has 4 nitrogen and oxygen atoms in total. The maximum Gasteiger partial charge on any atom is 0.339 e. The zero-order valence-electron chi connectivity index (χ0n) is 13.5. The van der Waals surface area contributed by atoms with Crippen molar-refractivity contribution in [3.8, 4) is 5.75 Å². The summed E-state index contributed by atoms with van der Waals surface area (Å²) >= 11 is 0. The highest BCUT2D eigenvalue weighted by Gasteiger charge is 2.21. The zero-order valence-corrected chi connectivity index (χ0v) is 13.5. The number of hydrogen-bond donors (Lipinski definition) is 1. The van der Waals surface area contributed by atoms with Gasteiger partial charge in [0.25, 0.3) is 0 Å². The summed E-state index contributed by atoms with van der Waals surface area (Å²) in [5.74, 6) is 0.153. The molecule has 2 aromatic rings. The van der Waals surface area contributed by atoms with Crippen LogP contribution < -0.4 is 4.74 Å². The van der Waals surface area contributed by atoms with Gasteiger partial charge in [-0.2, -0.15) is 0 Å². The summed E-state index contributed by atoms with van der Waals surface area (Å²) in [5, 5.41) is 10.2. The first kappa shape index (κ1) is 17.0. The van der Waals surface area contributed by atoms with Crippen molar-refractivity contribution in [3.63, 3.8) is 0 Å². The smallest absolute Gasteiger partial charge is 0.339 e. The van der Waals surface area contributed by atoms with Gasteiger partial charge in [0.05, 0.1) is 6.61 Å². The summed E-state index contributed by atoms with van der Waals surface area (Å²) < 4.78 is 10.8. The average molecular weight is 314 g/mol. The third-order valence-electron chi connectivity index (χ3n) is 3.50. The SMILES string of the molecule is CCCOC(=O)C(O)c1ccccc1COc1ccccc1C. The van der Waals surface area contributed by atoms with Gasteiger partial charge in [0.1, 0.15) is 12.4 Å². The van der Waals surface area contributed by atoms with Crippen LogP contribution in [0.5, 0.6) is 5.75 Å². The number of aryl methyl sites for hydroxylation is 1. The molecule has 0 amide bonds. The quantitative estimate of drug-likeness (QED) is 0.794. The largest absolute Gasteiger partial charge is 0.489 e. The van der Waals surface area contributed by atoms with E-state index in [9.17, 15) is 9.90 Å². The third kappa shape index (κ3) is 4.57. The van der Waals surface area contributed by atoms with Gasteiger partial charge >= 0.3 is 5.97 Å². The number of aliphatic hydroxyl groups is 1. The first-order chi connectivity index (χ1) is 11.1. The van der Waals surface area contributed by atoms with Gasteiger partial charge in [-0.3, -0.25) is 0 Å². The minimum absolute atomic E-state index is 0.277. The molecule has 0 radical (unpaired) electrons. The summed E-state index contributed by atoms with van der Waals surface area (Å²) in [6, 6.07) is 14.9. The van der Waals surface area contributed by atoms with Gasteiger partial charge in [0.15, 0.2) is 6.10 Å². The molecule has 0 aliphatic carbocycles. The molecule has 0 heterocycles. The van der Waals surface area contributed by atoms with Gasteiger partial charge in [0.2, 0.25) is 0 Å². The van der Waals surface area contributed by atoms with Crippen LogP contribution in [0.4, 0.5) is 0 Å². The van der Waals surface area contributed by atoms with Crippen LogP contribution >= 0.6 is 0 Å². The predicted molar refractivity (Wildman–Crippen MR) is 88.2 cm³/mol. The molecule has 0 spiro atoms. The van der Waals surface area contributed by atoms with E-state index in [-0.39, 0.29) is 6.61 Å². The Hall–Kier alpha value is -2.33. The van der Waals surface area contributed by atoms with Crippen LogP contribution in [0.25, 0.3) is 0 Å². The Bertz CT molecular complexity index is 651. The molecule has 0 saturated carbocycles. The van der Waals surface area contributed by atoms with Crippen LogP contribution in [0, 0.1) is 6.92 Å². The first-order valence-corrected chi connectivity index (χ1v) is 7.74. The topological polar surface area (TPSA) is 55.8 Å². The minimum atomic E-state index is -1.29. The molecule has 0 aliphatic heterocycles. The summed E-state index contributed by atoms with van der Waals surface area (Å²) in [6.07, 6.45) is -0.575. The molecule has 2 aromatic carbocycles. The maximum absolute atomic E-state index is 11.9. The van der Waals surface area contributed by atoms with Crippen LogP contribution in [0.1, 0.15) is 36.1 Å². The Morgan fingerprint density at radius 2 is 1.83 bits per heavy atom. The van der Waals surface area contributed by atoms with E-state index in [0.717, 1.165) is 23.3 Å². The first-order valence-electron chi connectivity index (χ1n) is 7.74. The van der Waals surface area contributed by atoms with Gasteiger partial charge in [-0.25, -0.2) is 4.79 Å². The summed E-state index contributed by atoms with van der Waals surface area (Å²) in [5.41, 5.74) is 2.31. The Labute approximate surface area is 136 Å². The fraction of sp³-hybridized carbons (Fsp3) is 0.316. The number of para-hydroxylation sites is 1. The van der Waals surface area contributed by atoms with E-state index in [1.54, 1.807) is 12.1 Å². The summed E-state index contributed by atoms with van der Waals surface area (Å²) in [7, 11) is 0. The van der Waals surface area contributed by atoms with E-state index >= 15 is 0 Å². The fourth-order valence-corrected chi connectivity index (χ4v) is 2.21. The molecule has 0 aliphatic rings. The highest BCUT2D eigenvalue weighted by Crippen LogP contribution is 2.23. The molecular weight excluding hydrogens is 292 g/mol. The Kier molecular flexibility index (Phi) is 6.18. The molecule has 0 bridgehead atoms. The molecule has 1 N–H and O–H groups in total. The number of carbonyl (C=O) groups is 1. The lowest BCUT2D eigenvalue weighted by molar-refractivity contribution is -0.154. The molecule has 2 rings (SSSR count). The van der Waals surface area contributed by atoms with Crippen molar-refractivity contribution < 1.29 is 19.4 Å². The molecule has 1 atom stereocenters. The van der Waals surface area contributed by atoms with Crippen LogP contribution in [0.2, 0.25) is 0 Å². The van der Waals surface area contributed by atoms with Crippen molar-refractivity contribution in [1.82, 2.24) is 0 Å². The number of rotatable bonds is 7. The molecule has 23 heavy (non-hydrogen) atoms. The van der Waals surface area contributed by atoms with E-state index in [0.29, 0.717) is 12.2 Å². The number of carbonyl (C=O) groups excluding carboxylic acids is 1. The van der Waals surface area contributed by atoms with Crippen molar-refractivity contribution in [2.75, 3.05) is 6.61 Å². The highest BCUT2D eigenvalue weighted by atomic mass is 16.5. The van der Waals surface area contributed by atoms with Gasteiger partial charge in [-0.1, -0.05) is 49.4 Å². The average Bonchev–Trinajstić information content (AvgIpc) is 2.58. The predicted octanol–water partition coefficient (Wildman–Crippen LogP) is 3.56. The van der Waals surface area contributed by atoms with E-state index in [4.69, 9.17) is 9.47 Å². The van der Waals surface area contributed by atoms with Crippen LogP contribution in [0.15, 0.2) is 48.5 Å². The Balaban J connectivity index is 2.11. The molecule has 0 aromatic heterocycles. The van der Waals surface area contributed by atoms with Gasteiger partial charge in [0, 0.05) is 0 Å². The normalized spacial score (nSPS) is 11.8. The Morgan fingerprint density at radius 3 is 2.57 bits per heavy atom. The number of esters is 1. The van der Waals surface area contributed by atoms with Crippen LogP contribution in [-0.2, 0) is 16.1 Å². The van der Waals surface area contributed by atoms with Crippen molar-refractivity contribution in [1.29, 1.82) is 0 Å². The molecule has 1 unspecified atom stereocenters. The van der Waals surface area contributed by atoms with Crippen molar-refractivity contribution >= 4 is 5.97 Å². The minimum Gasteiger partial charge on any atom is -0.489 e. The monoisotopic (exact) mass is 314 g/mol. The molecule has 0 saturated heterocycles. The lowest BCUT2D eigenvalue weighted by Gasteiger charge is -2.16. The van der Waals surface area contributed by atoms with Crippen molar-refractivity contribution in [2.45, 2.75) is 33.0 Å². The number of benzene rings is 2. The summed E-state index contributed by atoms with van der Waals surface area (Å²) in [4.78, 5) is 11.9. The zero-order chi connectivity index (χ0) is 16.7. The lowest BCUT2D eigenvalue weighted by atomic mass is 10.0. The maximum atomic E-state index is 11.9. The fourth-order valence-electron chi connectivity index (χ4n) is 2.21. The standard InChI is InChI=1S/C19H22O4/c1-3-12-22-19(21)18(20)16-10-6-5-9-15(16)13-23-17-11-7-4-8-14(17)2/h4-11,18,20H,3,12-13H2,1-2H3. The van der Waals surface area contributed by atoms with E-state index in [1.165, 1.54) is 0 Å². The van der Waals surface area contributed by atoms with Crippen molar-refractivity contribution in [3.05, 3.63) is 65.2 Å². The molecule has 4 heteroatoms. The van der Waals surface area contributed by atoms with E-state index in [2.05, 4.69) is 0 Å². The second-order valence-electron chi connectivity index (χ2n) is 5.32. The van der Waals surface area contributed by atoms with E-state index < -0.39 is 12.1 Å². The molecule has 122 valence electrons. The van der Waals surface area contributed by atoms with E-state index in [1.807, 2.05) is 50.2 Å². The van der Waals surface area contributed by atoms with Gasteiger partial charge in [-0.05, 0) is 36.1 Å². The third-order valence-corrected chi connectivity index (χ3v) is 3.50. The second-order valence-corrected chi connectivity index (χ2v) is 5.32. The number of ether oxygens (including phenoxy) is 2.